The lowest BCUT2D eigenvalue weighted by Gasteiger charge is -2.03. The van der Waals surface area contributed by atoms with Crippen molar-refractivity contribution >= 4 is 18.5 Å². The van der Waals surface area contributed by atoms with Crippen LogP contribution in [-0.2, 0) is 4.79 Å². The molecule has 0 rings (SSSR count). The summed E-state index contributed by atoms with van der Waals surface area (Å²) in [5.41, 5.74) is 0. The van der Waals surface area contributed by atoms with Gasteiger partial charge in [0, 0.05) is 13.0 Å². The molecule has 0 atom stereocenters. The van der Waals surface area contributed by atoms with E-state index in [1.54, 1.807) is 6.26 Å². The topological polar surface area (TPSA) is 29.1 Å². The molecule has 0 aromatic heterocycles. The van der Waals surface area contributed by atoms with E-state index in [0.29, 0.717) is 6.42 Å². The summed E-state index contributed by atoms with van der Waals surface area (Å²) in [7, 11) is 0. The van der Waals surface area contributed by atoms with Crippen LogP contribution in [0.3, 0.4) is 0 Å². The van der Waals surface area contributed by atoms with E-state index in [1.165, 1.54) is 32.1 Å². The number of unbranched alkanes of at least 4 members (excludes halogenated alkanes) is 5. The van der Waals surface area contributed by atoms with Crippen LogP contribution < -0.4 is 5.32 Å². The summed E-state index contributed by atoms with van der Waals surface area (Å²) in [6.07, 6.45) is 10.9. The number of thiol groups is 1. The zero-order chi connectivity index (χ0) is 14.6. The zero-order valence-electron chi connectivity index (χ0n) is 13.2. The quantitative estimate of drug-likeness (QED) is 0.458. The molecule has 0 spiro atoms. The van der Waals surface area contributed by atoms with Crippen molar-refractivity contribution in [1.29, 1.82) is 0 Å². The van der Waals surface area contributed by atoms with Crippen LogP contribution in [0.15, 0.2) is 0 Å². The van der Waals surface area contributed by atoms with E-state index in [0.717, 1.165) is 19.4 Å². The molecule has 0 saturated carbocycles. The van der Waals surface area contributed by atoms with Gasteiger partial charge in [0.15, 0.2) is 0 Å². The van der Waals surface area contributed by atoms with Crippen molar-refractivity contribution in [3.63, 3.8) is 0 Å². The normalized spacial score (nSPS) is 8.56. The van der Waals surface area contributed by atoms with Crippen molar-refractivity contribution < 1.29 is 4.79 Å². The van der Waals surface area contributed by atoms with Gasteiger partial charge in [0.25, 0.3) is 0 Å². The SMILES string of the molecule is CC.CCCCCCCCC(=O)NCCC.CS. The Labute approximate surface area is 121 Å². The molecular weight excluding hydrogens is 242 g/mol. The maximum Gasteiger partial charge on any atom is 0.219 e. The molecule has 1 amide bonds. The average Bonchev–Trinajstić information content (AvgIpc) is 2.45. The third-order valence-electron chi connectivity index (χ3n) is 2.33. The summed E-state index contributed by atoms with van der Waals surface area (Å²) in [5.74, 6) is 0.224. The number of carbonyl (C=O) groups excluding carboxylic acids is 1. The fraction of sp³-hybridized carbons (Fsp3) is 0.933. The number of rotatable bonds is 9. The third-order valence-corrected chi connectivity index (χ3v) is 2.33. The second kappa shape index (κ2) is 25.6. The molecule has 0 aliphatic rings. The van der Waals surface area contributed by atoms with Gasteiger partial charge in [-0.15, -0.1) is 0 Å². The lowest BCUT2D eigenvalue weighted by atomic mass is 10.1. The first-order valence-corrected chi connectivity index (χ1v) is 8.42. The van der Waals surface area contributed by atoms with Crippen molar-refractivity contribution in [3.05, 3.63) is 0 Å². The molecule has 0 aromatic rings. The molecule has 0 aromatic carbocycles. The standard InChI is InChI=1S/C12H25NO.C2H6.CH4S/c1-3-5-6-7-8-9-10-12(14)13-11-4-2;2*1-2/h3-11H2,1-2H3,(H,13,14);1-2H3;2H,1H3. The summed E-state index contributed by atoms with van der Waals surface area (Å²) < 4.78 is 0. The molecule has 1 N–H and O–H groups in total. The number of hydrogen-bond acceptors (Lipinski definition) is 2. The maximum absolute atomic E-state index is 11.2. The number of hydrogen-bond donors (Lipinski definition) is 2. The minimum Gasteiger partial charge on any atom is -0.356 e. The van der Waals surface area contributed by atoms with Crippen LogP contribution in [0.4, 0.5) is 0 Å². The fourth-order valence-corrected chi connectivity index (χ4v) is 1.42. The Bertz CT molecular complexity index is 140. The molecule has 0 heterocycles. The van der Waals surface area contributed by atoms with Gasteiger partial charge >= 0.3 is 0 Å². The van der Waals surface area contributed by atoms with Crippen LogP contribution in [0, 0.1) is 0 Å². The van der Waals surface area contributed by atoms with E-state index in [1.807, 2.05) is 13.8 Å². The van der Waals surface area contributed by atoms with E-state index < -0.39 is 0 Å². The summed E-state index contributed by atoms with van der Waals surface area (Å²) in [4.78, 5) is 11.2. The Morgan fingerprint density at radius 1 is 0.889 bits per heavy atom. The first-order chi connectivity index (χ1) is 8.81. The smallest absolute Gasteiger partial charge is 0.219 e. The van der Waals surface area contributed by atoms with E-state index in [-0.39, 0.29) is 5.91 Å². The van der Waals surface area contributed by atoms with Gasteiger partial charge in [-0.25, -0.2) is 0 Å². The number of amides is 1. The van der Waals surface area contributed by atoms with Crippen LogP contribution >= 0.6 is 12.6 Å². The van der Waals surface area contributed by atoms with Gasteiger partial charge in [-0.2, -0.15) is 12.6 Å². The molecule has 0 saturated heterocycles. The molecule has 0 fully saturated rings. The minimum absolute atomic E-state index is 0.224. The second-order valence-electron chi connectivity index (χ2n) is 3.87. The molecule has 0 bridgehead atoms. The first-order valence-electron chi connectivity index (χ1n) is 7.52. The highest BCUT2D eigenvalue weighted by atomic mass is 32.1. The van der Waals surface area contributed by atoms with Gasteiger partial charge in [-0.3, -0.25) is 4.79 Å². The molecule has 3 heteroatoms. The fourth-order valence-electron chi connectivity index (χ4n) is 1.42. The second-order valence-corrected chi connectivity index (χ2v) is 3.87. The molecule has 0 unspecified atom stereocenters. The van der Waals surface area contributed by atoms with Gasteiger partial charge in [0.2, 0.25) is 5.91 Å². The van der Waals surface area contributed by atoms with Crippen LogP contribution in [0.1, 0.15) is 79.1 Å². The predicted octanol–water partition coefficient (Wildman–Crippen LogP) is 4.84. The van der Waals surface area contributed by atoms with Gasteiger partial charge in [-0.1, -0.05) is 59.8 Å². The monoisotopic (exact) mass is 277 g/mol. The minimum atomic E-state index is 0.224. The Morgan fingerprint density at radius 3 is 1.89 bits per heavy atom. The highest BCUT2D eigenvalue weighted by molar-refractivity contribution is 7.79. The summed E-state index contributed by atoms with van der Waals surface area (Å²) in [6, 6.07) is 0. The Morgan fingerprint density at radius 2 is 1.39 bits per heavy atom. The average molecular weight is 278 g/mol. The van der Waals surface area contributed by atoms with Gasteiger partial charge in [-0.05, 0) is 19.1 Å². The Balaban J connectivity index is -0.000000506. The van der Waals surface area contributed by atoms with Crippen LogP contribution in [-0.4, -0.2) is 18.7 Å². The lowest BCUT2D eigenvalue weighted by Crippen LogP contribution is -2.23. The van der Waals surface area contributed by atoms with Crippen LogP contribution in [0.5, 0.6) is 0 Å². The zero-order valence-corrected chi connectivity index (χ0v) is 14.1. The summed E-state index contributed by atoms with van der Waals surface area (Å²) in [5, 5.41) is 2.90. The van der Waals surface area contributed by atoms with E-state index in [4.69, 9.17) is 0 Å². The molecule has 18 heavy (non-hydrogen) atoms. The third kappa shape index (κ3) is 24.9. The maximum atomic E-state index is 11.2. The Hall–Kier alpha value is -0.180. The highest BCUT2D eigenvalue weighted by Gasteiger charge is 1.98. The van der Waals surface area contributed by atoms with Crippen molar-refractivity contribution in [3.8, 4) is 0 Å². The summed E-state index contributed by atoms with van der Waals surface area (Å²) >= 11 is 3.53. The van der Waals surface area contributed by atoms with Gasteiger partial charge in [0.1, 0.15) is 0 Å². The van der Waals surface area contributed by atoms with Crippen molar-refractivity contribution in [1.82, 2.24) is 5.32 Å². The van der Waals surface area contributed by atoms with Crippen molar-refractivity contribution in [2.75, 3.05) is 12.8 Å². The molecule has 0 aliphatic heterocycles. The largest absolute Gasteiger partial charge is 0.356 e. The number of nitrogens with one attached hydrogen (secondary N) is 1. The highest BCUT2D eigenvalue weighted by Crippen LogP contribution is 2.06. The molecule has 0 aliphatic carbocycles. The summed E-state index contributed by atoms with van der Waals surface area (Å²) in [6.45, 7) is 9.12. The van der Waals surface area contributed by atoms with E-state index >= 15 is 0 Å². The first kappa shape index (κ1) is 23.0. The lowest BCUT2D eigenvalue weighted by molar-refractivity contribution is -0.121. The number of carbonyl (C=O) groups is 1. The van der Waals surface area contributed by atoms with E-state index in [2.05, 4.69) is 31.8 Å². The molecular formula is C15H35NOS. The van der Waals surface area contributed by atoms with E-state index in [9.17, 15) is 4.79 Å². The van der Waals surface area contributed by atoms with Gasteiger partial charge < -0.3 is 5.32 Å². The van der Waals surface area contributed by atoms with Crippen LogP contribution in [0.25, 0.3) is 0 Å². The van der Waals surface area contributed by atoms with Crippen molar-refractivity contribution in [2.45, 2.75) is 79.1 Å². The predicted molar refractivity (Wildman–Crippen MR) is 87.6 cm³/mol. The van der Waals surface area contributed by atoms with Crippen LogP contribution in [0.2, 0.25) is 0 Å². The Kier molecular flexibility index (Phi) is 32.7. The molecule has 0 radical (unpaired) electrons. The van der Waals surface area contributed by atoms with Crippen molar-refractivity contribution in [2.24, 2.45) is 0 Å². The van der Waals surface area contributed by atoms with Gasteiger partial charge in [0.05, 0.1) is 0 Å². The molecule has 2 nitrogen and oxygen atoms in total. The molecule has 112 valence electrons.